The average molecular weight is 218 g/mol. The zero-order valence-corrected chi connectivity index (χ0v) is 10.3. The molecule has 0 saturated carbocycles. The van der Waals surface area contributed by atoms with Crippen LogP contribution in [0.25, 0.3) is 0 Å². The molecule has 0 aromatic carbocycles. The Labute approximate surface area is 93.5 Å². The Balaban J connectivity index is 0. The van der Waals surface area contributed by atoms with Crippen molar-refractivity contribution >= 4 is 5.97 Å². The van der Waals surface area contributed by atoms with E-state index >= 15 is 0 Å². The van der Waals surface area contributed by atoms with Crippen LogP contribution in [0.1, 0.15) is 65.7 Å². The molecule has 0 fully saturated rings. The number of rotatable bonds is 7. The molecule has 0 rings (SSSR count). The molecule has 0 amide bonds. The second-order valence-electron chi connectivity index (χ2n) is 4.01. The van der Waals surface area contributed by atoms with Gasteiger partial charge in [-0.3, -0.25) is 4.79 Å². The van der Waals surface area contributed by atoms with E-state index in [9.17, 15) is 4.79 Å². The Hall–Kier alpha value is -0.570. The number of carboxylic acid groups (broad SMARTS) is 1. The number of aliphatic carboxylic acids is 1. The number of hydrogen-bond acceptors (Lipinski definition) is 2. The van der Waals surface area contributed by atoms with Gasteiger partial charge in [-0.15, -0.1) is 0 Å². The minimum atomic E-state index is -0.666. The number of hydrogen-bond donors (Lipinski definition) is 2. The van der Waals surface area contributed by atoms with Crippen molar-refractivity contribution in [3.05, 3.63) is 0 Å². The van der Waals surface area contributed by atoms with E-state index in [-0.39, 0.29) is 6.10 Å². The SMILES string of the molecule is CC(C)O.CCCCCCCCC(=O)O. The van der Waals surface area contributed by atoms with E-state index in [2.05, 4.69) is 6.92 Å². The molecule has 0 bridgehead atoms. The summed E-state index contributed by atoms with van der Waals surface area (Å²) in [6.45, 7) is 5.62. The molecule has 92 valence electrons. The largest absolute Gasteiger partial charge is 0.481 e. The van der Waals surface area contributed by atoms with Crippen molar-refractivity contribution < 1.29 is 15.0 Å². The second kappa shape index (κ2) is 13.4. The van der Waals surface area contributed by atoms with Gasteiger partial charge in [0.05, 0.1) is 0 Å². The first-order valence-corrected chi connectivity index (χ1v) is 5.90. The van der Waals surface area contributed by atoms with Crippen LogP contribution in [0, 0.1) is 0 Å². The van der Waals surface area contributed by atoms with Gasteiger partial charge in [0, 0.05) is 12.5 Å². The molecule has 2 N–H and O–H groups in total. The minimum Gasteiger partial charge on any atom is -0.481 e. The van der Waals surface area contributed by atoms with Crippen LogP contribution in [0.3, 0.4) is 0 Å². The maximum atomic E-state index is 10.1. The second-order valence-corrected chi connectivity index (χ2v) is 4.01. The smallest absolute Gasteiger partial charge is 0.303 e. The van der Waals surface area contributed by atoms with Crippen molar-refractivity contribution in [2.45, 2.75) is 71.8 Å². The number of carboxylic acids is 1. The Kier molecular flexibility index (Phi) is 15.1. The predicted octanol–water partition coefficient (Wildman–Crippen LogP) is 3.21. The summed E-state index contributed by atoms with van der Waals surface area (Å²) >= 11 is 0. The van der Waals surface area contributed by atoms with Crippen LogP contribution < -0.4 is 0 Å². The zero-order chi connectivity index (χ0) is 12.1. The topological polar surface area (TPSA) is 57.5 Å². The first kappa shape index (κ1) is 16.8. The van der Waals surface area contributed by atoms with Crippen LogP contribution in [0.5, 0.6) is 0 Å². The monoisotopic (exact) mass is 218 g/mol. The van der Waals surface area contributed by atoms with E-state index in [1.807, 2.05) is 0 Å². The summed E-state index contributed by atoms with van der Waals surface area (Å²) < 4.78 is 0. The summed E-state index contributed by atoms with van der Waals surface area (Å²) in [5, 5.41) is 16.4. The van der Waals surface area contributed by atoms with Crippen LogP contribution in [0.2, 0.25) is 0 Å². The molecule has 15 heavy (non-hydrogen) atoms. The van der Waals surface area contributed by atoms with Gasteiger partial charge >= 0.3 is 5.97 Å². The zero-order valence-electron chi connectivity index (χ0n) is 10.3. The van der Waals surface area contributed by atoms with Crippen LogP contribution in [-0.4, -0.2) is 22.3 Å². The first-order valence-electron chi connectivity index (χ1n) is 5.90. The fraction of sp³-hybridized carbons (Fsp3) is 0.917. The normalized spacial score (nSPS) is 9.67. The van der Waals surface area contributed by atoms with Gasteiger partial charge < -0.3 is 10.2 Å². The molecule has 0 spiro atoms. The maximum Gasteiger partial charge on any atom is 0.303 e. The van der Waals surface area contributed by atoms with E-state index in [4.69, 9.17) is 10.2 Å². The van der Waals surface area contributed by atoms with Gasteiger partial charge in [0.15, 0.2) is 0 Å². The van der Waals surface area contributed by atoms with E-state index < -0.39 is 5.97 Å². The Morgan fingerprint density at radius 3 is 1.87 bits per heavy atom. The van der Waals surface area contributed by atoms with Gasteiger partial charge in [-0.2, -0.15) is 0 Å². The predicted molar refractivity (Wildman–Crippen MR) is 63.0 cm³/mol. The number of carbonyl (C=O) groups is 1. The highest BCUT2D eigenvalue weighted by atomic mass is 16.4. The van der Waals surface area contributed by atoms with Gasteiger partial charge in [-0.05, 0) is 20.3 Å². The number of unbranched alkanes of at least 4 members (excludes halogenated alkanes) is 5. The Morgan fingerprint density at radius 2 is 1.47 bits per heavy atom. The molecular formula is C12H26O3. The van der Waals surface area contributed by atoms with Gasteiger partial charge in [0.2, 0.25) is 0 Å². The van der Waals surface area contributed by atoms with E-state index in [1.54, 1.807) is 13.8 Å². The van der Waals surface area contributed by atoms with Gasteiger partial charge in [0.25, 0.3) is 0 Å². The third kappa shape index (κ3) is 31.8. The molecule has 0 aliphatic heterocycles. The summed E-state index contributed by atoms with van der Waals surface area (Å²) in [5.74, 6) is -0.666. The first-order chi connectivity index (χ1) is 7.00. The van der Waals surface area contributed by atoms with E-state index in [1.165, 1.54) is 25.7 Å². The molecule has 0 aromatic rings. The molecule has 0 saturated heterocycles. The van der Waals surface area contributed by atoms with Crippen molar-refractivity contribution in [2.24, 2.45) is 0 Å². The van der Waals surface area contributed by atoms with Crippen LogP contribution in [-0.2, 0) is 4.79 Å². The summed E-state index contributed by atoms with van der Waals surface area (Å²) in [6.07, 6.45) is 7.08. The summed E-state index contributed by atoms with van der Waals surface area (Å²) in [6, 6.07) is 0. The Bertz CT molecular complexity index is 130. The molecule has 0 aromatic heterocycles. The standard InChI is InChI=1S/C9H18O2.C3H8O/c1-2-3-4-5-6-7-8-9(10)11;1-3(2)4/h2-8H2,1H3,(H,10,11);3-4H,1-2H3. The molecule has 0 unspecified atom stereocenters. The van der Waals surface area contributed by atoms with Gasteiger partial charge in [0.1, 0.15) is 0 Å². The highest BCUT2D eigenvalue weighted by molar-refractivity contribution is 5.66. The highest BCUT2D eigenvalue weighted by Crippen LogP contribution is 2.06. The summed E-state index contributed by atoms with van der Waals surface area (Å²) in [5.41, 5.74) is 0. The van der Waals surface area contributed by atoms with Crippen molar-refractivity contribution in [3.8, 4) is 0 Å². The van der Waals surface area contributed by atoms with E-state index in [0.717, 1.165) is 12.8 Å². The van der Waals surface area contributed by atoms with Crippen molar-refractivity contribution in [1.29, 1.82) is 0 Å². The molecule has 3 heteroatoms. The van der Waals surface area contributed by atoms with Gasteiger partial charge in [-0.25, -0.2) is 0 Å². The van der Waals surface area contributed by atoms with Crippen LogP contribution >= 0.6 is 0 Å². The molecule has 3 nitrogen and oxygen atoms in total. The Morgan fingerprint density at radius 1 is 1.07 bits per heavy atom. The van der Waals surface area contributed by atoms with Crippen molar-refractivity contribution in [1.82, 2.24) is 0 Å². The van der Waals surface area contributed by atoms with Crippen LogP contribution in [0.4, 0.5) is 0 Å². The number of aliphatic hydroxyl groups excluding tert-OH is 1. The third-order valence-electron chi connectivity index (χ3n) is 1.74. The van der Waals surface area contributed by atoms with E-state index in [0.29, 0.717) is 6.42 Å². The molecule has 0 radical (unpaired) electrons. The lowest BCUT2D eigenvalue weighted by Crippen LogP contribution is -1.93. The summed E-state index contributed by atoms with van der Waals surface area (Å²) in [7, 11) is 0. The van der Waals surface area contributed by atoms with Crippen molar-refractivity contribution in [2.75, 3.05) is 0 Å². The molecule has 0 atom stereocenters. The molecule has 0 aliphatic carbocycles. The summed E-state index contributed by atoms with van der Waals surface area (Å²) in [4.78, 5) is 10.1. The quantitative estimate of drug-likeness (QED) is 0.645. The number of aliphatic hydroxyl groups is 1. The maximum absolute atomic E-state index is 10.1. The molecule has 0 aliphatic rings. The lowest BCUT2D eigenvalue weighted by Gasteiger charge is -1.97. The lowest BCUT2D eigenvalue weighted by molar-refractivity contribution is -0.137. The fourth-order valence-corrected chi connectivity index (χ4v) is 1.06. The minimum absolute atomic E-state index is 0.167. The van der Waals surface area contributed by atoms with Gasteiger partial charge in [-0.1, -0.05) is 39.0 Å². The third-order valence-corrected chi connectivity index (χ3v) is 1.74. The lowest BCUT2D eigenvalue weighted by atomic mass is 10.1. The molecule has 0 heterocycles. The molecular weight excluding hydrogens is 192 g/mol. The van der Waals surface area contributed by atoms with Crippen LogP contribution in [0.15, 0.2) is 0 Å². The highest BCUT2D eigenvalue weighted by Gasteiger charge is 1.95. The average Bonchev–Trinajstić information content (AvgIpc) is 2.09. The fourth-order valence-electron chi connectivity index (χ4n) is 1.06. The van der Waals surface area contributed by atoms with Crippen molar-refractivity contribution in [3.63, 3.8) is 0 Å².